The molecular weight excluding hydrogens is 195 g/mol. The molecule has 0 aromatic carbocycles. The van der Waals surface area contributed by atoms with Crippen molar-refractivity contribution in [3.8, 4) is 0 Å². The summed E-state index contributed by atoms with van der Waals surface area (Å²) in [5, 5.41) is 3.61. The molecule has 1 aromatic rings. The van der Waals surface area contributed by atoms with Crippen molar-refractivity contribution in [3.05, 3.63) is 18.0 Å². The molecule has 1 aromatic heterocycles. The van der Waals surface area contributed by atoms with Crippen LogP contribution in [0.25, 0.3) is 0 Å². The highest BCUT2D eigenvalue weighted by molar-refractivity contribution is 5.00. The topological polar surface area (TPSA) is 43.8 Å². The zero-order valence-electron chi connectivity index (χ0n) is 7.59. The van der Waals surface area contributed by atoms with Gasteiger partial charge in [-0.05, 0) is 25.5 Å². The van der Waals surface area contributed by atoms with E-state index in [-0.39, 0.29) is 0 Å². The summed E-state index contributed by atoms with van der Waals surface area (Å²) in [6.07, 6.45) is -1.64. The molecule has 0 fully saturated rings. The van der Waals surface area contributed by atoms with E-state index in [0.717, 1.165) is 4.68 Å². The number of halogens is 3. The smallest absolute Gasteiger partial charge is 0.330 e. The zero-order chi connectivity index (χ0) is 10.6. The van der Waals surface area contributed by atoms with Gasteiger partial charge < -0.3 is 5.73 Å². The molecule has 0 aliphatic carbocycles. The van der Waals surface area contributed by atoms with Crippen molar-refractivity contribution >= 4 is 0 Å². The van der Waals surface area contributed by atoms with Crippen LogP contribution in [0, 0.1) is 0 Å². The predicted octanol–water partition coefficient (Wildman–Crippen LogP) is 1.34. The van der Waals surface area contributed by atoms with Gasteiger partial charge in [-0.3, -0.25) is 4.68 Å². The van der Waals surface area contributed by atoms with E-state index in [1.165, 1.54) is 6.20 Å². The third kappa shape index (κ3) is 3.37. The van der Waals surface area contributed by atoms with E-state index < -0.39 is 12.7 Å². The molecule has 0 saturated heterocycles. The minimum atomic E-state index is -4.22. The van der Waals surface area contributed by atoms with Crippen LogP contribution in [0.5, 0.6) is 0 Å². The fraction of sp³-hybridized carbons (Fsp3) is 0.625. The summed E-state index contributed by atoms with van der Waals surface area (Å²) in [5.41, 5.74) is 5.85. The average molecular weight is 207 g/mol. The minimum Gasteiger partial charge on any atom is -0.330 e. The van der Waals surface area contributed by atoms with Crippen LogP contribution in [0.3, 0.4) is 0 Å². The van der Waals surface area contributed by atoms with E-state index in [2.05, 4.69) is 5.10 Å². The lowest BCUT2D eigenvalue weighted by Gasteiger charge is -2.09. The van der Waals surface area contributed by atoms with Gasteiger partial charge in [-0.1, -0.05) is 0 Å². The number of nitrogens with zero attached hydrogens (tertiary/aromatic N) is 2. The quantitative estimate of drug-likeness (QED) is 0.809. The summed E-state index contributed by atoms with van der Waals surface area (Å²) in [6.45, 7) is -0.558. The second kappa shape index (κ2) is 4.45. The molecule has 0 aliphatic heterocycles. The Morgan fingerprint density at radius 2 is 2.14 bits per heavy atom. The summed E-state index contributed by atoms with van der Waals surface area (Å²) in [7, 11) is 0. The lowest BCUT2D eigenvalue weighted by atomic mass is 10.2. The second-order valence-corrected chi connectivity index (χ2v) is 2.99. The molecule has 2 N–H and O–H groups in total. The number of hydrogen-bond acceptors (Lipinski definition) is 2. The van der Waals surface area contributed by atoms with Crippen LogP contribution in [-0.4, -0.2) is 22.5 Å². The molecule has 0 unspecified atom stereocenters. The monoisotopic (exact) mass is 207 g/mol. The van der Waals surface area contributed by atoms with Crippen molar-refractivity contribution in [3.63, 3.8) is 0 Å². The molecule has 80 valence electrons. The van der Waals surface area contributed by atoms with Gasteiger partial charge in [0.1, 0.15) is 6.54 Å². The molecule has 1 rings (SSSR count). The molecule has 14 heavy (non-hydrogen) atoms. The van der Waals surface area contributed by atoms with E-state index in [1.807, 2.05) is 0 Å². The fourth-order valence-corrected chi connectivity index (χ4v) is 1.17. The Balaban J connectivity index is 2.63. The second-order valence-electron chi connectivity index (χ2n) is 2.99. The SMILES string of the molecule is NCCCc1ccnn1CC(F)(F)F. The lowest BCUT2D eigenvalue weighted by molar-refractivity contribution is -0.143. The van der Waals surface area contributed by atoms with Crippen molar-refractivity contribution < 1.29 is 13.2 Å². The largest absolute Gasteiger partial charge is 0.408 e. The van der Waals surface area contributed by atoms with Gasteiger partial charge in [0, 0.05) is 11.9 Å². The maximum Gasteiger partial charge on any atom is 0.408 e. The fourth-order valence-electron chi connectivity index (χ4n) is 1.17. The highest BCUT2D eigenvalue weighted by atomic mass is 19.4. The summed E-state index contributed by atoms with van der Waals surface area (Å²) in [5.74, 6) is 0. The standard InChI is InChI=1S/C8H12F3N3/c9-8(10,11)6-14-7(2-1-4-12)3-5-13-14/h3,5H,1-2,4,6,12H2. The number of alkyl halides is 3. The van der Waals surface area contributed by atoms with Gasteiger partial charge in [0.15, 0.2) is 0 Å². The van der Waals surface area contributed by atoms with Gasteiger partial charge >= 0.3 is 6.18 Å². The molecule has 1 heterocycles. The van der Waals surface area contributed by atoms with Gasteiger partial charge in [0.05, 0.1) is 0 Å². The maximum absolute atomic E-state index is 12.0. The van der Waals surface area contributed by atoms with Crippen LogP contribution in [0.1, 0.15) is 12.1 Å². The van der Waals surface area contributed by atoms with Gasteiger partial charge in [-0.25, -0.2) is 0 Å². The molecule has 0 bridgehead atoms. The van der Waals surface area contributed by atoms with Crippen LogP contribution in [-0.2, 0) is 13.0 Å². The molecule has 0 atom stereocenters. The number of rotatable bonds is 4. The minimum absolute atomic E-state index is 0.469. The molecule has 6 heteroatoms. The van der Waals surface area contributed by atoms with Crippen LogP contribution in [0.15, 0.2) is 12.3 Å². The van der Waals surface area contributed by atoms with E-state index in [0.29, 0.717) is 25.1 Å². The highest BCUT2D eigenvalue weighted by Gasteiger charge is 2.29. The average Bonchev–Trinajstić information content (AvgIpc) is 2.45. The Labute approximate surface area is 79.7 Å². The maximum atomic E-state index is 12.0. The van der Waals surface area contributed by atoms with Crippen molar-refractivity contribution in [2.24, 2.45) is 5.73 Å². The zero-order valence-corrected chi connectivity index (χ0v) is 7.59. The van der Waals surface area contributed by atoms with Crippen LogP contribution >= 0.6 is 0 Å². The third-order valence-corrected chi connectivity index (χ3v) is 1.77. The van der Waals surface area contributed by atoms with E-state index in [1.54, 1.807) is 6.07 Å². The lowest BCUT2D eigenvalue weighted by Crippen LogP contribution is -2.20. The van der Waals surface area contributed by atoms with E-state index >= 15 is 0 Å². The van der Waals surface area contributed by atoms with Gasteiger partial charge in [-0.2, -0.15) is 18.3 Å². The van der Waals surface area contributed by atoms with Gasteiger partial charge in [-0.15, -0.1) is 0 Å². The van der Waals surface area contributed by atoms with Crippen molar-refractivity contribution in [1.29, 1.82) is 0 Å². The Hall–Kier alpha value is -1.04. The number of nitrogens with two attached hydrogens (primary N) is 1. The first kappa shape index (κ1) is 11.0. The van der Waals surface area contributed by atoms with E-state index in [4.69, 9.17) is 5.73 Å². The van der Waals surface area contributed by atoms with Gasteiger partial charge in [0.2, 0.25) is 0 Å². The summed E-state index contributed by atoms with van der Waals surface area (Å²) in [6, 6.07) is 1.58. The Bertz CT molecular complexity index is 280. The van der Waals surface area contributed by atoms with Crippen molar-refractivity contribution in [2.75, 3.05) is 6.54 Å². The van der Waals surface area contributed by atoms with Crippen molar-refractivity contribution in [2.45, 2.75) is 25.6 Å². The van der Waals surface area contributed by atoms with Crippen LogP contribution in [0.2, 0.25) is 0 Å². The highest BCUT2D eigenvalue weighted by Crippen LogP contribution is 2.18. The molecule has 0 spiro atoms. The normalized spacial score (nSPS) is 12.0. The third-order valence-electron chi connectivity index (χ3n) is 1.77. The molecule has 3 nitrogen and oxygen atoms in total. The molecule has 0 amide bonds. The number of hydrogen-bond donors (Lipinski definition) is 1. The van der Waals surface area contributed by atoms with Crippen molar-refractivity contribution in [1.82, 2.24) is 9.78 Å². The summed E-state index contributed by atoms with van der Waals surface area (Å²) in [4.78, 5) is 0. The van der Waals surface area contributed by atoms with Crippen LogP contribution in [0.4, 0.5) is 13.2 Å². The van der Waals surface area contributed by atoms with Gasteiger partial charge in [0.25, 0.3) is 0 Å². The molecule has 0 aliphatic rings. The molecular formula is C8H12F3N3. The Kier molecular flexibility index (Phi) is 3.51. The predicted molar refractivity (Wildman–Crippen MR) is 45.7 cm³/mol. The first-order valence-corrected chi connectivity index (χ1v) is 4.30. The first-order chi connectivity index (χ1) is 6.53. The Morgan fingerprint density at radius 3 is 2.71 bits per heavy atom. The first-order valence-electron chi connectivity index (χ1n) is 4.30. The number of aromatic nitrogens is 2. The summed E-state index contributed by atoms with van der Waals surface area (Å²) < 4.78 is 37.1. The van der Waals surface area contributed by atoms with Crippen LogP contribution < -0.4 is 5.73 Å². The van der Waals surface area contributed by atoms with E-state index in [9.17, 15) is 13.2 Å². The number of aryl methyl sites for hydroxylation is 1. The molecule has 0 radical (unpaired) electrons. The molecule has 0 saturated carbocycles. The Morgan fingerprint density at radius 1 is 1.43 bits per heavy atom. The summed E-state index contributed by atoms with van der Waals surface area (Å²) >= 11 is 0.